The minimum atomic E-state index is -0.875. The lowest BCUT2D eigenvalue weighted by Crippen LogP contribution is -2.24. The predicted molar refractivity (Wildman–Crippen MR) is 75.6 cm³/mol. The van der Waals surface area contributed by atoms with E-state index in [4.69, 9.17) is 11.6 Å². The molecule has 0 aliphatic rings. The lowest BCUT2D eigenvalue weighted by Gasteiger charge is -2.07. The van der Waals surface area contributed by atoms with Crippen LogP contribution in [0, 0.1) is 21.7 Å². The molecule has 2 aromatic carbocycles. The number of nitrogens with zero attached hydrogens (tertiary/aromatic N) is 1. The molecule has 0 bridgehead atoms. The first-order valence-electron chi connectivity index (χ1n) is 6.04. The third-order valence-electron chi connectivity index (χ3n) is 2.84. The van der Waals surface area contributed by atoms with Crippen molar-refractivity contribution in [3.63, 3.8) is 0 Å². The Morgan fingerprint density at radius 1 is 1.18 bits per heavy atom. The Hall–Kier alpha value is -2.54. The molecule has 0 aliphatic heterocycles. The van der Waals surface area contributed by atoms with E-state index in [0.717, 1.165) is 24.3 Å². The molecule has 1 N–H and O–H groups in total. The van der Waals surface area contributed by atoms with E-state index in [1.165, 1.54) is 12.1 Å². The van der Waals surface area contributed by atoms with Crippen molar-refractivity contribution in [2.45, 2.75) is 6.54 Å². The molecule has 22 heavy (non-hydrogen) atoms. The zero-order valence-corrected chi connectivity index (χ0v) is 11.7. The van der Waals surface area contributed by atoms with E-state index in [9.17, 15) is 23.7 Å². The third-order valence-corrected chi connectivity index (χ3v) is 3.13. The van der Waals surface area contributed by atoms with E-state index in [1.807, 2.05) is 0 Å². The van der Waals surface area contributed by atoms with Crippen LogP contribution in [0.4, 0.5) is 14.5 Å². The topological polar surface area (TPSA) is 72.2 Å². The van der Waals surface area contributed by atoms with Crippen molar-refractivity contribution in [2.24, 2.45) is 0 Å². The maximum Gasteiger partial charge on any atom is 0.270 e. The minimum absolute atomic E-state index is 0.0268. The van der Waals surface area contributed by atoms with Crippen molar-refractivity contribution < 1.29 is 18.5 Å². The van der Waals surface area contributed by atoms with E-state index in [0.29, 0.717) is 5.56 Å². The molecular weight excluding hydrogens is 318 g/mol. The van der Waals surface area contributed by atoms with Gasteiger partial charge in [0.25, 0.3) is 11.6 Å². The predicted octanol–water partition coefficient (Wildman–Crippen LogP) is 3.46. The highest BCUT2D eigenvalue weighted by molar-refractivity contribution is 6.30. The van der Waals surface area contributed by atoms with Crippen molar-refractivity contribution >= 4 is 23.2 Å². The van der Waals surface area contributed by atoms with E-state index in [2.05, 4.69) is 5.32 Å². The highest BCUT2D eigenvalue weighted by atomic mass is 35.5. The van der Waals surface area contributed by atoms with Gasteiger partial charge in [-0.2, -0.15) is 0 Å². The first-order chi connectivity index (χ1) is 10.4. The summed E-state index contributed by atoms with van der Waals surface area (Å²) in [7, 11) is 0. The Morgan fingerprint density at radius 3 is 2.50 bits per heavy atom. The van der Waals surface area contributed by atoms with Crippen LogP contribution < -0.4 is 5.32 Å². The zero-order valence-electron chi connectivity index (χ0n) is 11.0. The molecule has 0 radical (unpaired) electrons. The van der Waals surface area contributed by atoms with Crippen molar-refractivity contribution in [2.75, 3.05) is 0 Å². The molecule has 0 spiro atoms. The number of nitro groups is 1. The Balaban J connectivity index is 2.13. The largest absolute Gasteiger partial charge is 0.348 e. The summed E-state index contributed by atoms with van der Waals surface area (Å²) in [6.07, 6.45) is 0. The van der Waals surface area contributed by atoms with Gasteiger partial charge in [0.15, 0.2) is 0 Å². The molecular formula is C14H9ClF2N2O3. The average Bonchev–Trinajstić information content (AvgIpc) is 2.48. The summed E-state index contributed by atoms with van der Waals surface area (Å²) in [5, 5.41) is 12.9. The van der Waals surface area contributed by atoms with Gasteiger partial charge in [0.1, 0.15) is 11.6 Å². The van der Waals surface area contributed by atoms with Gasteiger partial charge in [0.2, 0.25) is 0 Å². The number of benzene rings is 2. The number of carbonyl (C=O) groups is 1. The Morgan fingerprint density at radius 2 is 1.86 bits per heavy atom. The molecule has 2 rings (SSSR count). The molecule has 8 heteroatoms. The summed E-state index contributed by atoms with van der Waals surface area (Å²) in [4.78, 5) is 21.8. The standard InChI is InChI=1S/C14H9ClF2N2O3/c15-11-5-8(1-3-13(11)17)7-18-14(20)10-6-9(19(21)22)2-4-12(10)16/h1-6H,7H2,(H,18,20). The summed E-state index contributed by atoms with van der Waals surface area (Å²) in [6.45, 7) is -0.0268. The third kappa shape index (κ3) is 3.56. The number of nitro benzene ring substituents is 1. The number of nitrogens with one attached hydrogen (secondary N) is 1. The molecule has 2 aromatic rings. The second-order valence-corrected chi connectivity index (χ2v) is 4.76. The Labute approximate surface area is 128 Å². The molecule has 0 atom stereocenters. The smallest absolute Gasteiger partial charge is 0.270 e. The molecule has 1 amide bonds. The number of hydrogen-bond acceptors (Lipinski definition) is 3. The number of carbonyl (C=O) groups excluding carboxylic acids is 1. The van der Waals surface area contributed by atoms with Crippen LogP contribution in [0.25, 0.3) is 0 Å². The maximum atomic E-state index is 13.6. The summed E-state index contributed by atoms with van der Waals surface area (Å²) < 4.78 is 26.6. The van der Waals surface area contributed by atoms with E-state index >= 15 is 0 Å². The van der Waals surface area contributed by atoms with Gasteiger partial charge in [0, 0.05) is 18.7 Å². The van der Waals surface area contributed by atoms with Gasteiger partial charge in [-0.25, -0.2) is 8.78 Å². The Bertz CT molecular complexity index is 753. The first-order valence-corrected chi connectivity index (χ1v) is 6.42. The van der Waals surface area contributed by atoms with Gasteiger partial charge < -0.3 is 5.32 Å². The number of rotatable bonds is 4. The van der Waals surface area contributed by atoms with Gasteiger partial charge in [-0.05, 0) is 23.8 Å². The van der Waals surface area contributed by atoms with Crippen molar-refractivity contribution in [3.05, 3.63) is 74.3 Å². The summed E-state index contributed by atoms with van der Waals surface area (Å²) in [5.74, 6) is -2.29. The fourth-order valence-electron chi connectivity index (χ4n) is 1.73. The van der Waals surface area contributed by atoms with Crippen LogP contribution in [0.2, 0.25) is 5.02 Å². The first kappa shape index (κ1) is 15.8. The fourth-order valence-corrected chi connectivity index (χ4v) is 1.93. The highest BCUT2D eigenvalue weighted by Gasteiger charge is 2.16. The number of non-ortho nitro benzene ring substituents is 1. The second-order valence-electron chi connectivity index (χ2n) is 4.35. The highest BCUT2D eigenvalue weighted by Crippen LogP contribution is 2.18. The van der Waals surface area contributed by atoms with Gasteiger partial charge in [0.05, 0.1) is 15.5 Å². The quantitative estimate of drug-likeness (QED) is 0.691. The molecule has 114 valence electrons. The molecule has 5 nitrogen and oxygen atoms in total. The normalized spacial score (nSPS) is 10.3. The van der Waals surface area contributed by atoms with Crippen LogP contribution >= 0.6 is 11.6 Å². The van der Waals surface area contributed by atoms with Crippen molar-refractivity contribution in [1.82, 2.24) is 5.32 Å². The second kappa shape index (κ2) is 6.48. The Kier molecular flexibility index (Phi) is 4.67. The van der Waals surface area contributed by atoms with Crippen LogP contribution in [-0.2, 0) is 6.54 Å². The van der Waals surface area contributed by atoms with Crippen LogP contribution in [0.3, 0.4) is 0 Å². The molecule has 0 saturated carbocycles. The number of halogens is 3. The fraction of sp³-hybridized carbons (Fsp3) is 0.0714. The molecule has 0 aromatic heterocycles. The molecule has 0 saturated heterocycles. The van der Waals surface area contributed by atoms with E-state index < -0.39 is 33.7 Å². The van der Waals surface area contributed by atoms with Crippen LogP contribution in [-0.4, -0.2) is 10.8 Å². The average molecular weight is 327 g/mol. The summed E-state index contributed by atoms with van der Waals surface area (Å²) >= 11 is 5.60. The molecule has 0 unspecified atom stereocenters. The SMILES string of the molecule is O=C(NCc1ccc(F)c(Cl)c1)c1cc([N+](=O)[O-])ccc1F. The van der Waals surface area contributed by atoms with Gasteiger partial charge in [-0.1, -0.05) is 17.7 Å². The number of hydrogen-bond donors (Lipinski definition) is 1. The number of amides is 1. The van der Waals surface area contributed by atoms with Gasteiger partial charge in [-0.15, -0.1) is 0 Å². The van der Waals surface area contributed by atoms with Crippen molar-refractivity contribution in [1.29, 1.82) is 0 Å². The molecule has 0 aliphatic carbocycles. The summed E-state index contributed by atoms with van der Waals surface area (Å²) in [6, 6.07) is 6.53. The lowest BCUT2D eigenvalue weighted by molar-refractivity contribution is -0.384. The van der Waals surface area contributed by atoms with E-state index in [1.54, 1.807) is 0 Å². The maximum absolute atomic E-state index is 13.6. The van der Waals surface area contributed by atoms with Gasteiger partial charge in [-0.3, -0.25) is 14.9 Å². The van der Waals surface area contributed by atoms with Gasteiger partial charge >= 0.3 is 0 Å². The minimum Gasteiger partial charge on any atom is -0.348 e. The zero-order chi connectivity index (χ0) is 16.3. The molecule has 0 fully saturated rings. The molecule has 0 heterocycles. The monoisotopic (exact) mass is 326 g/mol. The van der Waals surface area contributed by atoms with Crippen LogP contribution in [0.15, 0.2) is 36.4 Å². The van der Waals surface area contributed by atoms with Crippen LogP contribution in [0.1, 0.15) is 15.9 Å². The van der Waals surface area contributed by atoms with Crippen LogP contribution in [0.5, 0.6) is 0 Å². The van der Waals surface area contributed by atoms with E-state index in [-0.39, 0.29) is 11.6 Å². The summed E-state index contributed by atoms with van der Waals surface area (Å²) in [5.41, 5.74) is -0.329. The van der Waals surface area contributed by atoms with Crippen molar-refractivity contribution in [3.8, 4) is 0 Å². The lowest BCUT2D eigenvalue weighted by atomic mass is 10.1.